The van der Waals surface area contributed by atoms with E-state index >= 15 is 0 Å². The van der Waals surface area contributed by atoms with Crippen molar-refractivity contribution < 1.29 is 14.7 Å². The van der Waals surface area contributed by atoms with Crippen molar-refractivity contribution in [2.75, 3.05) is 0 Å². The van der Waals surface area contributed by atoms with Crippen molar-refractivity contribution in [3.63, 3.8) is 0 Å². The molecule has 0 bridgehead atoms. The van der Waals surface area contributed by atoms with Gasteiger partial charge in [0.2, 0.25) is 5.91 Å². The summed E-state index contributed by atoms with van der Waals surface area (Å²) in [4.78, 5) is 22.8. The molecule has 3 unspecified atom stereocenters. The van der Waals surface area contributed by atoms with Crippen LogP contribution in [-0.4, -0.2) is 23.0 Å². The van der Waals surface area contributed by atoms with E-state index in [1.807, 2.05) is 0 Å². The van der Waals surface area contributed by atoms with Crippen LogP contribution in [0.15, 0.2) is 12.2 Å². The van der Waals surface area contributed by atoms with E-state index in [-0.39, 0.29) is 23.8 Å². The molecule has 0 radical (unpaired) electrons. The molecule has 0 aromatic heterocycles. The van der Waals surface area contributed by atoms with Crippen LogP contribution < -0.4 is 5.32 Å². The number of hydrogen-bond donors (Lipinski definition) is 2. The second kappa shape index (κ2) is 5.34. The van der Waals surface area contributed by atoms with Crippen LogP contribution >= 0.6 is 0 Å². The Bertz CT molecular complexity index is 338. The van der Waals surface area contributed by atoms with Gasteiger partial charge in [-0.05, 0) is 38.5 Å². The lowest BCUT2D eigenvalue weighted by atomic mass is 9.99. The van der Waals surface area contributed by atoms with Gasteiger partial charge in [0, 0.05) is 12.0 Å². The van der Waals surface area contributed by atoms with E-state index in [0.29, 0.717) is 19.3 Å². The Morgan fingerprint density at radius 2 is 1.88 bits per heavy atom. The summed E-state index contributed by atoms with van der Waals surface area (Å²) in [6.45, 7) is 0. The Hall–Kier alpha value is -1.32. The number of carbonyl (C=O) groups is 2. The van der Waals surface area contributed by atoms with Crippen molar-refractivity contribution in [2.45, 2.75) is 44.6 Å². The van der Waals surface area contributed by atoms with E-state index in [1.165, 1.54) is 0 Å². The topological polar surface area (TPSA) is 66.4 Å². The van der Waals surface area contributed by atoms with Gasteiger partial charge in [0.25, 0.3) is 0 Å². The van der Waals surface area contributed by atoms with Crippen LogP contribution in [-0.2, 0) is 9.59 Å². The molecule has 0 heterocycles. The van der Waals surface area contributed by atoms with Gasteiger partial charge in [-0.15, -0.1) is 0 Å². The van der Waals surface area contributed by atoms with Crippen molar-refractivity contribution in [1.29, 1.82) is 0 Å². The minimum absolute atomic E-state index is 0.0500. The summed E-state index contributed by atoms with van der Waals surface area (Å²) in [7, 11) is 0. The zero-order valence-electron chi connectivity index (χ0n) is 9.89. The number of rotatable bonds is 3. The number of allylic oxidation sites excluding steroid dienone is 1. The van der Waals surface area contributed by atoms with Crippen LogP contribution in [0.3, 0.4) is 0 Å². The molecule has 2 N–H and O–H groups in total. The second-order valence-corrected chi connectivity index (χ2v) is 5.04. The Balaban J connectivity index is 1.80. The molecule has 1 fully saturated rings. The lowest BCUT2D eigenvalue weighted by Crippen LogP contribution is -2.38. The molecule has 4 heteroatoms. The molecule has 0 aromatic rings. The third kappa shape index (κ3) is 3.08. The predicted molar refractivity (Wildman–Crippen MR) is 63.4 cm³/mol. The van der Waals surface area contributed by atoms with Gasteiger partial charge in [-0.2, -0.15) is 0 Å². The van der Waals surface area contributed by atoms with Crippen LogP contribution in [0.4, 0.5) is 0 Å². The highest BCUT2D eigenvalue weighted by Gasteiger charge is 2.34. The molecule has 0 saturated heterocycles. The molecule has 2 rings (SSSR count). The fraction of sp³-hybridized carbons (Fsp3) is 0.692. The number of amides is 1. The molecule has 2 aliphatic carbocycles. The third-order valence-electron chi connectivity index (χ3n) is 3.77. The van der Waals surface area contributed by atoms with Crippen molar-refractivity contribution in [1.82, 2.24) is 5.32 Å². The minimum atomic E-state index is -0.763. The number of hydrogen-bond acceptors (Lipinski definition) is 2. The largest absolute Gasteiger partial charge is 0.481 e. The molecule has 0 spiro atoms. The van der Waals surface area contributed by atoms with Crippen LogP contribution in [0.5, 0.6) is 0 Å². The summed E-state index contributed by atoms with van der Waals surface area (Å²) in [6, 6.07) is 0.247. The third-order valence-corrected chi connectivity index (χ3v) is 3.77. The van der Waals surface area contributed by atoms with Gasteiger partial charge < -0.3 is 10.4 Å². The molecule has 3 atom stereocenters. The van der Waals surface area contributed by atoms with Crippen molar-refractivity contribution >= 4 is 11.9 Å². The Labute approximate surface area is 101 Å². The smallest absolute Gasteiger partial charge is 0.306 e. The lowest BCUT2D eigenvalue weighted by molar-refractivity contribution is -0.141. The quantitative estimate of drug-likeness (QED) is 0.734. The van der Waals surface area contributed by atoms with E-state index in [1.54, 1.807) is 0 Å². The van der Waals surface area contributed by atoms with E-state index in [4.69, 9.17) is 5.11 Å². The monoisotopic (exact) mass is 237 g/mol. The van der Waals surface area contributed by atoms with E-state index < -0.39 is 5.97 Å². The zero-order valence-corrected chi connectivity index (χ0v) is 9.89. The molecule has 94 valence electrons. The van der Waals surface area contributed by atoms with Crippen LogP contribution in [0, 0.1) is 11.8 Å². The van der Waals surface area contributed by atoms with Gasteiger partial charge in [-0.25, -0.2) is 0 Å². The van der Waals surface area contributed by atoms with Crippen molar-refractivity contribution in [3.8, 4) is 0 Å². The number of carboxylic acid groups (broad SMARTS) is 1. The second-order valence-electron chi connectivity index (χ2n) is 5.04. The fourth-order valence-corrected chi connectivity index (χ4v) is 2.69. The first kappa shape index (κ1) is 12.1. The average molecular weight is 237 g/mol. The first-order valence-electron chi connectivity index (χ1n) is 6.35. The minimum Gasteiger partial charge on any atom is -0.481 e. The first-order valence-corrected chi connectivity index (χ1v) is 6.35. The zero-order chi connectivity index (χ0) is 12.3. The highest BCUT2D eigenvalue weighted by Crippen LogP contribution is 2.31. The Kier molecular flexibility index (Phi) is 3.82. The Morgan fingerprint density at radius 1 is 1.12 bits per heavy atom. The molecule has 2 aliphatic rings. The molecular weight excluding hydrogens is 218 g/mol. The molecule has 17 heavy (non-hydrogen) atoms. The molecule has 0 aromatic carbocycles. The lowest BCUT2D eigenvalue weighted by Gasteiger charge is -2.21. The maximum Gasteiger partial charge on any atom is 0.306 e. The normalized spacial score (nSPS) is 32.4. The van der Waals surface area contributed by atoms with E-state index in [2.05, 4.69) is 17.5 Å². The summed E-state index contributed by atoms with van der Waals surface area (Å²) in [5.41, 5.74) is 0. The van der Waals surface area contributed by atoms with Crippen molar-refractivity contribution in [2.24, 2.45) is 11.8 Å². The van der Waals surface area contributed by atoms with Gasteiger partial charge >= 0.3 is 5.97 Å². The summed E-state index contributed by atoms with van der Waals surface area (Å²) < 4.78 is 0. The number of carboxylic acids is 1. The van der Waals surface area contributed by atoms with Gasteiger partial charge in [0.05, 0.1) is 5.92 Å². The fourth-order valence-electron chi connectivity index (χ4n) is 2.69. The highest BCUT2D eigenvalue weighted by atomic mass is 16.4. The molecule has 1 saturated carbocycles. The number of aliphatic carboxylic acids is 1. The SMILES string of the molecule is O=C(O)C1CCC(C(=O)NC2CC=CCC2)C1. The maximum absolute atomic E-state index is 12.0. The Morgan fingerprint density at radius 3 is 2.47 bits per heavy atom. The molecule has 4 nitrogen and oxygen atoms in total. The summed E-state index contributed by atoms with van der Waals surface area (Å²) in [5.74, 6) is -1.13. The van der Waals surface area contributed by atoms with Crippen LogP contribution in [0.1, 0.15) is 38.5 Å². The molecule has 0 aliphatic heterocycles. The van der Waals surface area contributed by atoms with E-state index in [9.17, 15) is 9.59 Å². The summed E-state index contributed by atoms with van der Waals surface area (Å²) in [6.07, 6.45) is 9.01. The summed E-state index contributed by atoms with van der Waals surface area (Å²) in [5, 5.41) is 11.9. The first-order chi connectivity index (χ1) is 8.16. The number of nitrogens with one attached hydrogen (secondary N) is 1. The van der Waals surface area contributed by atoms with Gasteiger partial charge in [0.15, 0.2) is 0 Å². The van der Waals surface area contributed by atoms with Gasteiger partial charge in [-0.3, -0.25) is 9.59 Å². The van der Waals surface area contributed by atoms with E-state index in [0.717, 1.165) is 19.3 Å². The molecular formula is C13H19NO3. The van der Waals surface area contributed by atoms with Crippen LogP contribution in [0.25, 0.3) is 0 Å². The predicted octanol–water partition coefficient (Wildman–Crippen LogP) is 1.71. The van der Waals surface area contributed by atoms with Gasteiger partial charge in [-0.1, -0.05) is 12.2 Å². The van der Waals surface area contributed by atoms with Crippen molar-refractivity contribution in [3.05, 3.63) is 12.2 Å². The van der Waals surface area contributed by atoms with Crippen LogP contribution in [0.2, 0.25) is 0 Å². The maximum atomic E-state index is 12.0. The average Bonchev–Trinajstić information content (AvgIpc) is 2.79. The summed E-state index contributed by atoms with van der Waals surface area (Å²) >= 11 is 0. The molecule has 1 amide bonds. The number of carbonyl (C=O) groups excluding carboxylic acids is 1. The highest BCUT2D eigenvalue weighted by molar-refractivity contribution is 5.81. The van der Waals surface area contributed by atoms with Gasteiger partial charge in [0.1, 0.15) is 0 Å². The standard InChI is InChI=1S/C13H19NO3/c15-12(14-11-4-2-1-3-5-11)9-6-7-10(8-9)13(16)17/h1-2,9-11H,3-8H2,(H,14,15)(H,16,17).